The number of aromatic nitrogens is 3. The summed E-state index contributed by atoms with van der Waals surface area (Å²) in [5, 5.41) is 16.6. The van der Waals surface area contributed by atoms with Gasteiger partial charge in [0, 0.05) is 18.1 Å². The van der Waals surface area contributed by atoms with Crippen molar-refractivity contribution in [3.05, 3.63) is 34.4 Å². The summed E-state index contributed by atoms with van der Waals surface area (Å²) in [6.45, 7) is 4.75. The molecule has 0 aromatic carbocycles. The quantitative estimate of drug-likeness (QED) is 0.853. The number of thiazole rings is 1. The van der Waals surface area contributed by atoms with Crippen molar-refractivity contribution in [2.75, 3.05) is 11.9 Å². The van der Waals surface area contributed by atoms with Crippen LogP contribution in [0.25, 0.3) is 0 Å². The van der Waals surface area contributed by atoms with Gasteiger partial charge in [-0.3, -0.25) is 4.79 Å². The van der Waals surface area contributed by atoms with Gasteiger partial charge in [0.25, 0.3) is 5.91 Å². The Balaban J connectivity index is 2.03. The predicted molar refractivity (Wildman–Crippen MR) is 78.8 cm³/mol. The van der Waals surface area contributed by atoms with E-state index in [1.165, 1.54) is 11.3 Å². The summed E-state index contributed by atoms with van der Waals surface area (Å²) in [7, 11) is 0. The molecule has 2 N–H and O–H groups in total. The highest BCUT2D eigenvalue weighted by Crippen LogP contribution is 2.19. The number of rotatable bonds is 6. The van der Waals surface area contributed by atoms with Crippen LogP contribution in [0.2, 0.25) is 0 Å². The van der Waals surface area contributed by atoms with E-state index in [1.54, 1.807) is 18.3 Å². The lowest BCUT2D eigenvalue weighted by Crippen LogP contribution is -2.29. The van der Waals surface area contributed by atoms with Crippen molar-refractivity contribution < 1.29 is 4.79 Å². The molecule has 2 heterocycles. The fraction of sp³-hybridized carbons (Fsp3) is 0.385. The first kappa shape index (κ1) is 14.4. The molecule has 1 amide bonds. The predicted octanol–water partition coefficient (Wildman–Crippen LogP) is 2.25. The average Bonchev–Trinajstić information content (AvgIpc) is 2.99. The number of amides is 1. The Labute approximate surface area is 121 Å². The van der Waals surface area contributed by atoms with E-state index in [-0.39, 0.29) is 11.9 Å². The van der Waals surface area contributed by atoms with Crippen molar-refractivity contribution in [3.63, 3.8) is 0 Å². The molecule has 0 spiro atoms. The van der Waals surface area contributed by atoms with Crippen molar-refractivity contribution in [2.24, 2.45) is 0 Å². The maximum atomic E-state index is 12.1. The Morgan fingerprint density at radius 3 is 2.75 bits per heavy atom. The third-order valence-corrected chi connectivity index (χ3v) is 3.61. The van der Waals surface area contributed by atoms with Gasteiger partial charge < -0.3 is 10.6 Å². The van der Waals surface area contributed by atoms with Crippen LogP contribution in [-0.4, -0.2) is 27.6 Å². The average molecular weight is 291 g/mol. The van der Waals surface area contributed by atoms with E-state index in [0.29, 0.717) is 11.5 Å². The van der Waals surface area contributed by atoms with Crippen LogP contribution in [0.15, 0.2) is 23.7 Å². The van der Waals surface area contributed by atoms with Gasteiger partial charge in [-0.25, -0.2) is 4.98 Å². The lowest BCUT2D eigenvalue weighted by atomic mass is 10.2. The van der Waals surface area contributed by atoms with Crippen molar-refractivity contribution >= 4 is 23.1 Å². The second kappa shape index (κ2) is 6.95. The molecule has 0 bridgehead atoms. The first-order chi connectivity index (χ1) is 9.74. The maximum Gasteiger partial charge on any atom is 0.272 e. The lowest BCUT2D eigenvalue weighted by Gasteiger charge is -2.13. The minimum atomic E-state index is -0.234. The minimum Gasteiger partial charge on any atom is -0.369 e. The van der Waals surface area contributed by atoms with E-state index in [2.05, 4.69) is 25.8 Å². The van der Waals surface area contributed by atoms with Gasteiger partial charge in [-0.1, -0.05) is 6.92 Å². The van der Waals surface area contributed by atoms with Gasteiger partial charge in [-0.15, -0.1) is 21.5 Å². The van der Waals surface area contributed by atoms with Gasteiger partial charge in [-0.05, 0) is 25.5 Å². The minimum absolute atomic E-state index is 0.0854. The van der Waals surface area contributed by atoms with Crippen LogP contribution < -0.4 is 10.6 Å². The van der Waals surface area contributed by atoms with Crippen LogP contribution in [0.4, 0.5) is 5.82 Å². The molecule has 2 rings (SSSR count). The highest BCUT2D eigenvalue weighted by Gasteiger charge is 2.17. The Hall–Kier alpha value is -2.02. The monoisotopic (exact) mass is 291 g/mol. The molecular weight excluding hydrogens is 274 g/mol. The van der Waals surface area contributed by atoms with Crippen LogP contribution in [0.1, 0.15) is 41.8 Å². The second-order valence-corrected chi connectivity index (χ2v) is 5.06. The molecule has 0 aliphatic rings. The zero-order valence-corrected chi connectivity index (χ0v) is 12.3. The van der Waals surface area contributed by atoms with Gasteiger partial charge in [0.2, 0.25) is 0 Å². The molecule has 0 aliphatic carbocycles. The topological polar surface area (TPSA) is 79.8 Å². The van der Waals surface area contributed by atoms with E-state index in [0.717, 1.165) is 18.0 Å². The smallest absolute Gasteiger partial charge is 0.272 e. The number of nitrogens with zero attached hydrogens (tertiary/aromatic N) is 3. The summed E-state index contributed by atoms with van der Waals surface area (Å²) in [4.78, 5) is 16.4. The molecule has 20 heavy (non-hydrogen) atoms. The van der Waals surface area contributed by atoms with E-state index in [1.807, 2.05) is 19.2 Å². The molecular formula is C13H17N5OS. The number of carbonyl (C=O) groups excluding carboxylic acids is 1. The third kappa shape index (κ3) is 3.51. The van der Waals surface area contributed by atoms with Gasteiger partial charge in [0.1, 0.15) is 10.8 Å². The molecule has 2 aromatic heterocycles. The Bertz CT molecular complexity index is 540. The molecule has 1 atom stereocenters. The van der Waals surface area contributed by atoms with Gasteiger partial charge in [0.05, 0.1) is 6.04 Å². The lowest BCUT2D eigenvalue weighted by molar-refractivity contribution is 0.0929. The fourth-order valence-corrected chi connectivity index (χ4v) is 2.48. The summed E-state index contributed by atoms with van der Waals surface area (Å²) in [6, 6.07) is 3.32. The zero-order chi connectivity index (χ0) is 14.4. The summed E-state index contributed by atoms with van der Waals surface area (Å²) >= 11 is 1.53. The highest BCUT2D eigenvalue weighted by atomic mass is 32.1. The number of hydrogen-bond donors (Lipinski definition) is 2. The van der Waals surface area contributed by atoms with Crippen molar-refractivity contribution in [2.45, 2.75) is 26.3 Å². The molecule has 2 aromatic rings. The third-order valence-electron chi connectivity index (χ3n) is 2.72. The fourth-order valence-electron chi connectivity index (χ4n) is 1.71. The standard InChI is InChI=1S/C13H17N5OS/c1-3-9(13-15-7-8-20-13)16-12(19)10-5-6-11(14-4-2)18-17-10/h5-9H,3-4H2,1-2H3,(H,14,18)(H,16,19). The number of anilines is 1. The number of carbonyl (C=O) groups is 1. The van der Waals surface area contributed by atoms with Gasteiger partial charge >= 0.3 is 0 Å². The summed E-state index contributed by atoms with van der Waals surface area (Å²) in [5.74, 6) is 0.429. The van der Waals surface area contributed by atoms with Crippen LogP contribution in [0.3, 0.4) is 0 Å². The van der Waals surface area contributed by atoms with Gasteiger partial charge in [0.15, 0.2) is 5.69 Å². The Morgan fingerprint density at radius 1 is 1.35 bits per heavy atom. The summed E-state index contributed by atoms with van der Waals surface area (Å²) in [5.41, 5.74) is 0.307. The molecule has 7 heteroatoms. The molecule has 6 nitrogen and oxygen atoms in total. The molecule has 0 fully saturated rings. The van der Waals surface area contributed by atoms with Crippen molar-refractivity contribution in [1.82, 2.24) is 20.5 Å². The van der Waals surface area contributed by atoms with Gasteiger partial charge in [-0.2, -0.15) is 0 Å². The molecule has 0 saturated carbocycles. The van der Waals surface area contributed by atoms with Crippen LogP contribution in [-0.2, 0) is 0 Å². The zero-order valence-electron chi connectivity index (χ0n) is 11.5. The molecule has 106 valence electrons. The van der Waals surface area contributed by atoms with Crippen LogP contribution in [0, 0.1) is 0 Å². The van der Waals surface area contributed by atoms with Crippen molar-refractivity contribution in [3.8, 4) is 0 Å². The van der Waals surface area contributed by atoms with E-state index in [9.17, 15) is 4.79 Å². The first-order valence-corrected chi connectivity index (χ1v) is 7.40. The van der Waals surface area contributed by atoms with E-state index >= 15 is 0 Å². The second-order valence-electron chi connectivity index (χ2n) is 4.14. The maximum absolute atomic E-state index is 12.1. The van der Waals surface area contributed by atoms with Crippen LogP contribution in [0.5, 0.6) is 0 Å². The SMILES string of the molecule is CCNc1ccc(C(=O)NC(CC)c2nccs2)nn1. The number of hydrogen-bond acceptors (Lipinski definition) is 6. The summed E-state index contributed by atoms with van der Waals surface area (Å²) < 4.78 is 0. The first-order valence-electron chi connectivity index (χ1n) is 6.52. The van der Waals surface area contributed by atoms with Crippen LogP contribution >= 0.6 is 11.3 Å². The normalized spacial score (nSPS) is 11.9. The van der Waals surface area contributed by atoms with Crippen molar-refractivity contribution in [1.29, 1.82) is 0 Å². The largest absolute Gasteiger partial charge is 0.369 e. The highest BCUT2D eigenvalue weighted by molar-refractivity contribution is 7.09. The molecule has 0 aliphatic heterocycles. The Morgan fingerprint density at radius 2 is 2.20 bits per heavy atom. The molecule has 0 saturated heterocycles. The number of nitrogens with one attached hydrogen (secondary N) is 2. The Kier molecular flexibility index (Phi) is 5.00. The molecule has 1 unspecified atom stereocenters. The van der Waals surface area contributed by atoms with E-state index < -0.39 is 0 Å². The van der Waals surface area contributed by atoms with E-state index in [4.69, 9.17) is 0 Å². The summed E-state index contributed by atoms with van der Waals surface area (Å²) in [6.07, 6.45) is 2.52. The molecule has 0 radical (unpaired) electrons.